The monoisotopic (exact) mass is 256 g/mol. The van der Waals surface area contributed by atoms with Crippen LogP contribution < -0.4 is 0 Å². The Hall–Kier alpha value is -0.743. The van der Waals surface area contributed by atoms with E-state index >= 15 is 0 Å². The van der Waals surface area contributed by atoms with Crippen LogP contribution in [0.25, 0.3) is 0 Å². The lowest BCUT2D eigenvalue weighted by Crippen LogP contribution is -2.29. The second-order valence-corrected chi connectivity index (χ2v) is 6.59. The summed E-state index contributed by atoms with van der Waals surface area (Å²) in [4.78, 5) is 0. The third-order valence-corrected chi connectivity index (χ3v) is 5.45. The van der Waals surface area contributed by atoms with Crippen LogP contribution in [0.3, 0.4) is 0 Å². The van der Waals surface area contributed by atoms with E-state index in [2.05, 4.69) is 0 Å². The summed E-state index contributed by atoms with van der Waals surface area (Å²) in [5, 5.41) is 0. The van der Waals surface area contributed by atoms with Gasteiger partial charge in [0.1, 0.15) is 0 Å². The molecule has 0 bridgehead atoms. The van der Waals surface area contributed by atoms with Gasteiger partial charge in [0, 0.05) is 23.9 Å². The molecule has 1 nitrogen and oxygen atoms in total. The second kappa shape index (κ2) is 5.73. The zero-order chi connectivity index (χ0) is 12.1. The van der Waals surface area contributed by atoms with Gasteiger partial charge in [-0.1, -0.05) is 30.3 Å². The van der Waals surface area contributed by atoms with E-state index in [9.17, 15) is 8.78 Å². The lowest BCUT2D eigenvalue weighted by molar-refractivity contribution is 0.0127. The third kappa shape index (κ3) is 3.61. The van der Waals surface area contributed by atoms with Gasteiger partial charge in [-0.25, -0.2) is 8.78 Å². The minimum atomic E-state index is -2.67. The van der Waals surface area contributed by atoms with E-state index in [-0.39, 0.29) is 17.3 Å². The topological polar surface area (TPSA) is 9.23 Å². The molecule has 94 valence electrons. The zero-order valence-electron chi connectivity index (χ0n) is 9.87. The first-order valence-electron chi connectivity index (χ1n) is 6.23. The van der Waals surface area contributed by atoms with E-state index < -0.39 is 15.4 Å². The van der Waals surface area contributed by atoms with Crippen molar-refractivity contribution in [2.45, 2.75) is 37.0 Å². The minimum Gasteiger partial charge on any atom is -0.382 e. The number of halogens is 2. The van der Waals surface area contributed by atoms with Crippen molar-refractivity contribution in [3.05, 3.63) is 35.9 Å². The Morgan fingerprint density at radius 1 is 1.24 bits per heavy atom. The van der Waals surface area contributed by atoms with Gasteiger partial charge >= 0.3 is 0 Å². The van der Waals surface area contributed by atoms with Crippen molar-refractivity contribution in [2.24, 2.45) is 0 Å². The number of benzene rings is 1. The molecule has 1 aliphatic heterocycles. The fourth-order valence-electron chi connectivity index (χ4n) is 2.20. The molecule has 4 heteroatoms. The fourth-order valence-corrected chi connectivity index (χ4v) is 4.09. The fraction of sp³-hybridized carbons (Fsp3) is 0.538. The predicted molar refractivity (Wildman–Crippen MR) is 67.3 cm³/mol. The zero-order valence-corrected chi connectivity index (χ0v) is 11.3. The SMILES string of the molecule is FC(F)(C[SiH2]C1CCCCO1)c1ccccc1. The molecule has 0 aliphatic carbocycles. The molecular formula is C13H18F2OSi. The smallest absolute Gasteiger partial charge is 0.270 e. The Bertz CT molecular complexity index is 337. The van der Waals surface area contributed by atoms with E-state index in [1.807, 2.05) is 0 Å². The van der Waals surface area contributed by atoms with Crippen LogP contribution in [0.4, 0.5) is 8.78 Å². The molecule has 1 fully saturated rings. The van der Waals surface area contributed by atoms with E-state index in [0.717, 1.165) is 25.9 Å². The highest BCUT2D eigenvalue weighted by atomic mass is 28.2. The van der Waals surface area contributed by atoms with Crippen molar-refractivity contribution >= 4 is 9.52 Å². The maximum atomic E-state index is 13.9. The van der Waals surface area contributed by atoms with Gasteiger partial charge in [-0.2, -0.15) is 0 Å². The molecular weight excluding hydrogens is 238 g/mol. The highest BCUT2D eigenvalue weighted by Crippen LogP contribution is 2.32. The van der Waals surface area contributed by atoms with Gasteiger partial charge in [0.25, 0.3) is 5.92 Å². The summed E-state index contributed by atoms with van der Waals surface area (Å²) in [5.74, 6) is -2.67. The highest BCUT2D eigenvalue weighted by Gasteiger charge is 2.32. The van der Waals surface area contributed by atoms with Crippen LogP contribution in [0.1, 0.15) is 24.8 Å². The standard InChI is InChI=1S/C13H18F2OSi/c14-13(15,11-6-2-1-3-7-11)10-17-12-8-4-5-9-16-12/h1-3,6-7,12H,4-5,8-10,17H2. The van der Waals surface area contributed by atoms with Gasteiger partial charge in [-0.3, -0.25) is 0 Å². The lowest BCUT2D eigenvalue weighted by atomic mass is 10.1. The van der Waals surface area contributed by atoms with Crippen LogP contribution in [0.5, 0.6) is 0 Å². The first-order valence-corrected chi connectivity index (χ1v) is 8.05. The van der Waals surface area contributed by atoms with Gasteiger partial charge < -0.3 is 4.74 Å². The van der Waals surface area contributed by atoms with Crippen molar-refractivity contribution in [3.63, 3.8) is 0 Å². The summed E-state index contributed by atoms with van der Waals surface area (Å²) >= 11 is 0. The first-order chi connectivity index (χ1) is 8.18. The normalized spacial score (nSPS) is 22.1. The number of hydrogen-bond donors (Lipinski definition) is 0. The average molecular weight is 256 g/mol. The molecule has 0 aromatic heterocycles. The van der Waals surface area contributed by atoms with Crippen LogP contribution in [0, 0.1) is 0 Å². The number of ether oxygens (including phenoxy) is 1. The Kier molecular flexibility index (Phi) is 4.29. The van der Waals surface area contributed by atoms with Gasteiger partial charge in [0.05, 0.1) is 9.52 Å². The maximum absolute atomic E-state index is 13.9. The molecule has 1 unspecified atom stereocenters. The van der Waals surface area contributed by atoms with Crippen LogP contribution in [0.15, 0.2) is 30.3 Å². The van der Waals surface area contributed by atoms with Crippen molar-refractivity contribution in [1.82, 2.24) is 0 Å². The number of hydrogen-bond acceptors (Lipinski definition) is 1. The highest BCUT2D eigenvalue weighted by molar-refractivity contribution is 6.37. The summed E-state index contributed by atoms with van der Waals surface area (Å²) < 4.78 is 33.3. The van der Waals surface area contributed by atoms with Gasteiger partial charge in [0.15, 0.2) is 0 Å². The molecule has 1 heterocycles. The summed E-state index contributed by atoms with van der Waals surface area (Å²) in [6, 6.07) is 8.14. The molecule has 1 aliphatic rings. The van der Waals surface area contributed by atoms with Crippen LogP contribution in [-0.2, 0) is 10.7 Å². The van der Waals surface area contributed by atoms with Crippen molar-refractivity contribution < 1.29 is 13.5 Å². The summed E-state index contributed by atoms with van der Waals surface area (Å²) in [5.41, 5.74) is 0.307. The van der Waals surface area contributed by atoms with E-state index in [1.165, 1.54) is 12.1 Å². The van der Waals surface area contributed by atoms with Crippen LogP contribution in [0.2, 0.25) is 6.04 Å². The van der Waals surface area contributed by atoms with E-state index in [1.54, 1.807) is 18.2 Å². The molecule has 1 aromatic rings. The maximum Gasteiger partial charge on any atom is 0.270 e. The second-order valence-electron chi connectivity index (χ2n) is 4.60. The largest absolute Gasteiger partial charge is 0.382 e. The third-order valence-electron chi connectivity index (χ3n) is 3.25. The molecule has 0 saturated carbocycles. The van der Waals surface area contributed by atoms with Crippen molar-refractivity contribution in [3.8, 4) is 0 Å². The van der Waals surface area contributed by atoms with E-state index in [0.29, 0.717) is 0 Å². The Balaban J connectivity index is 1.88. The van der Waals surface area contributed by atoms with Gasteiger partial charge in [0.2, 0.25) is 0 Å². The van der Waals surface area contributed by atoms with Gasteiger partial charge in [-0.05, 0) is 19.3 Å². The molecule has 0 amide bonds. The average Bonchev–Trinajstić information content (AvgIpc) is 2.39. The lowest BCUT2D eigenvalue weighted by Gasteiger charge is -2.24. The Labute approximate surface area is 103 Å². The Morgan fingerprint density at radius 3 is 2.65 bits per heavy atom. The molecule has 1 aromatic carbocycles. The summed E-state index contributed by atoms with van der Waals surface area (Å²) in [7, 11) is -0.855. The van der Waals surface area contributed by atoms with Gasteiger partial charge in [-0.15, -0.1) is 0 Å². The molecule has 1 saturated heterocycles. The van der Waals surface area contributed by atoms with Crippen molar-refractivity contribution in [1.29, 1.82) is 0 Å². The Morgan fingerprint density at radius 2 is 2.00 bits per heavy atom. The molecule has 17 heavy (non-hydrogen) atoms. The molecule has 1 atom stereocenters. The van der Waals surface area contributed by atoms with Crippen molar-refractivity contribution in [2.75, 3.05) is 6.61 Å². The number of rotatable bonds is 4. The quantitative estimate of drug-likeness (QED) is 0.753. The molecule has 0 spiro atoms. The van der Waals surface area contributed by atoms with Crippen LogP contribution >= 0.6 is 0 Å². The van der Waals surface area contributed by atoms with Crippen LogP contribution in [-0.4, -0.2) is 21.9 Å². The summed E-state index contributed by atoms with van der Waals surface area (Å²) in [6.07, 6.45) is 3.20. The van der Waals surface area contributed by atoms with E-state index in [4.69, 9.17) is 4.74 Å². The predicted octanol–water partition coefficient (Wildman–Crippen LogP) is 2.89. The molecule has 2 rings (SSSR count). The summed E-state index contributed by atoms with van der Waals surface area (Å²) in [6.45, 7) is 0.759. The molecule has 0 radical (unpaired) electrons. The number of alkyl halides is 2. The minimum absolute atomic E-state index is 0.0156. The molecule has 0 N–H and O–H groups in total. The first kappa shape index (κ1) is 12.7.